The molecule has 176 valence electrons. The summed E-state index contributed by atoms with van der Waals surface area (Å²) in [6, 6.07) is 11.8. The van der Waals surface area contributed by atoms with E-state index < -0.39 is 22.3 Å². The minimum absolute atomic E-state index is 0.0966. The molecule has 3 rings (SSSR count). The molecule has 0 aliphatic rings. The highest BCUT2D eigenvalue weighted by molar-refractivity contribution is 7.89. The summed E-state index contributed by atoms with van der Waals surface area (Å²) in [7, 11) is -4.08. The first-order valence-corrected chi connectivity index (χ1v) is 11.3. The van der Waals surface area contributed by atoms with Crippen LogP contribution in [0.25, 0.3) is 0 Å². The molecule has 0 bridgehead atoms. The van der Waals surface area contributed by atoms with Crippen molar-refractivity contribution in [1.29, 1.82) is 0 Å². The molecule has 3 aromatic rings. The minimum Gasteiger partial charge on any atom is -0.481 e. The van der Waals surface area contributed by atoms with Gasteiger partial charge in [-0.25, -0.2) is 23.5 Å². The molecule has 0 amide bonds. The summed E-state index contributed by atoms with van der Waals surface area (Å²) < 4.78 is 67.2. The van der Waals surface area contributed by atoms with E-state index in [2.05, 4.69) is 20.6 Å². The summed E-state index contributed by atoms with van der Waals surface area (Å²) >= 11 is 5.87. The van der Waals surface area contributed by atoms with Crippen LogP contribution in [0, 0.1) is 0 Å². The van der Waals surface area contributed by atoms with Crippen LogP contribution in [-0.2, 0) is 16.6 Å². The largest absolute Gasteiger partial charge is 0.481 e. The fourth-order valence-corrected chi connectivity index (χ4v) is 3.32. The summed E-state index contributed by atoms with van der Waals surface area (Å²) in [4.78, 5) is 7.90. The van der Waals surface area contributed by atoms with E-state index in [1.807, 2.05) is 0 Å². The maximum absolute atomic E-state index is 12.9. The molecule has 1 aromatic heterocycles. The van der Waals surface area contributed by atoms with Crippen molar-refractivity contribution < 1.29 is 26.3 Å². The number of aromatic nitrogens is 2. The lowest BCUT2D eigenvalue weighted by atomic mass is 10.2. The van der Waals surface area contributed by atoms with Crippen molar-refractivity contribution in [2.75, 3.05) is 10.6 Å². The van der Waals surface area contributed by atoms with Gasteiger partial charge in [0.15, 0.2) is 6.10 Å². The number of nitrogens with one attached hydrogen (secondary N) is 2. The number of hydrogen-bond acceptors (Lipinski definition) is 7. The van der Waals surface area contributed by atoms with E-state index in [0.717, 1.165) is 30.8 Å². The minimum atomic E-state index is -4.60. The second-order valence-corrected chi connectivity index (χ2v) is 8.89. The fraction of sp³-hybridized carbons (Fsp3) is 0.200. The highest BCUT2D eigenvalue weighted by Gasteiger charge is 2.38. The summed E-state index contributed by atoms with van der Waals surface area (Å²) in [5, 5.41) is 11.7. The van der Waals surface area contributed by atoms with Gasteiger partial charge in [0.25, 0.3) is 0 Å². The molecule has 4 N–H and O–H groups in total. The van der Waals surface area contributed by atoms with Crippen LogP contribution in [0.3, 0.4) is 0 Å². The second-order valence-electron chi connectivity index (χ2n) is 6.89. The first-order valence-electron chi connectivity index (χ1n) is 9.39. The van der Waals surface area contributed by atoms with Crippen LogP contribution in [0.1, 0.15) is 12.5 Å². The highest BCUT2D eigenvalue weighted by atomic mass is 35.5. The van der Waals surface area contributed by atoms with E-state index in [-0.39, 0.29) is 22.8 Å². The third-order valence-electron chi connectivity index (χ3n) is 4.37. The number of rotatable bonds is 8. The molecule has 13 heteroatoms. The molecule has 1 atom stereocenters. The number of nitrogens with zero attached hydrogens (tertiary/aromatic N) is 2. The summed E-state index contributed by atoms with van der Waals surface area (Å²) in [5.74, 6) is 0.626. The third-order valence-corrected chi connectivity index (χ3v) is 5.53. The number of ether oxygens (including phenoxy) is 1. The molecule has 0 aliphatic carbocycles. The second kappa shape index (κ2) is 9.81. The highest BCUT2D eigenvalue weighted by Crippen LogP contribution is 2.29. The molecule has 1 heterocycles. The lowest BCUT2D eigenvalue weighted by Gasteiger charge is -2.20. The van der Waals surface area contributed by atoms with Gasteiger partial charge in [0, 0.05) is 28.9 Å². The van der Waals surface area contributed by atoms with Crippen molar-refractivity contribution >= 4 is 38.9 Å². The van der Waals surface area contributed by atoms with Crippen LogP contribution in [0.2, 0.25) is 5.02 Å². The van der Waals surface area contributed by atoms with Gasteiger partial charge >= 0.3 is 6.18 Å². The molecule has 2 aromatic carbocycles. The van der Waals surface area contributed by atoms with Crippen molar-refractivity contribution in [2.45, 2.75) is 30.6 Å². The predicted octanol–water partition coefficient (Wildman–Crippen LogP) is 4.46. The van der Waals surface area contributed by atoms with Gasteiger partial charge < -0.3 is 15.4 Å². The van der Waals surface area contributed by atoms with E-state index in [0.29, 0.717) is 16.7 Å². The first kappa shape index (κ1) is 24.6. The van der Waals surface area contributed by atoms with E-state index in [1.54, 1.807) is 30.3 Å². The lowest BCUT2D eigenvalue weighted by Crippen LogP contribution is -2.31. The number of alkyl halides is 3. The number of halogens is 4. The molecule has 33 heavy (non-hydrogen) atoms. The van der Waals surface area contributed by atoms with Gasteiger partial charge in [0.05, 0.1) is 4.90 Å². The van der Waals surface area contributed by atoms with Crippen LogP contribution in [0.4, 0.5) is 30.5 Å². The molecule has 0 spiro atoms. The zero-order valence-corrected chi connectivity index (χ0v) is 18.7. The molecular formula is C20H19ClF3N5O3S. The monoisotopic (exact) mass is 501 g/mol. The van der Waals surface area contributed by atoms with E-state index in [1.165, 1.54) is 6.33 Å². The average Bonchev–Trinajstić information content (AvgIpc) is 2.73. The topological polar surface area (TPSA) is 119 Å². The molecule has 0 fully saturated rings. The van der Waals surface area contributed by atoms with Crippen molar-refractivity contribution in [2.24, 2.45) is 5.14 Å². The van der Waals surface area contributed by atoms with Crippen molar-refractivity contribution in [3.8, 4) is 5.75 Å². The number of sulfonamides is 1. The van der Waals surface area contributed by atoms with E-state index in [4.69, 9.17) is 21.5 Å². The quantitative estimate of drug-likeness (QED) is 0.417. The predicted molar refractivity (Wildman–Crippen MR) is 118 cm³/mol. The third kappa shape index (κ3) is 6.94. The molecule has 0 saturated heterocycles. The smallest absolute Gasteiger partial charge is 0.425 e. The molecule has 0 aliphatic heterocycles. The number of benzene rings is 2. The lowest BCUT2D eigenvalue weighted by molar-refractivity contribution is -0.189. The van der Waals surface area contributed by atoms with Crippen LogP contribution in [-0.4, -0.2) is 30.7 Å². The summed E-state index contributed by atoms with van der Waals surface area (Å²) in [6.45, 7) is 0.755. The van der Waals surface area contributed by atoms with Gasteiger partial charge in [0.1, 0.15) is 23.7 Å². The Morgan fingerprint density at radius 2 is 1.76 bits per heavy atom. The van der Waals surface area contributed by atoms with Crippen molar-refractivity contribution in [3.05, 3.63) is 65.4 Å². The standard InChI is InChI=1S/C20H19ClF3N5O3S/c1-12(20(22,23)24)32-17-7-6-16(33(25,30)31)8-13(17)10-26-18-9-19(28-11-27-18)29-15-4-2-14(21)3-5-15/h2-9,11-12H,10H2,1H3,(H2,25,30,31)(H2,26,27,28,29). The zero-order chi connectivity index (χ0) is 24.2. The Kier molecular flexibility index (Phi) is 7.30. The van der Waals surface area contributed by atoms with Crippen LogP contribution >= 0.6 is 11.6 Å². The number of hydrogen-bond donors (Lipinski definition) is 3. The maximum Gasteiger partial charge on any atom is 0.425 e. The molecule has 0 saturated carbocycles. The number of primary sulfonamides is 1. The SMILES string of the molecule is CC(Oc1ccc(S(N)(=O)=O)cc1CNc1cc(Nc2ccc(Cl)cc2)ncn1)C(F)(F)F. The average molecular weight is 502 g/mol. The molecular weight excluding hydrogens is 483 g/mol. The fourth-order valence-electron chi connectivity index (χ4n) is 2.63. The molecule has 0 radical (unpaired) electrons. The van der Waals surface area contributed by atoms with Gasteiger partial charge in [-0.3, -0.25) is 0 Å². The van der Waals surface area contributed by atoms with E-state index in [9.17, 15) is 21.6 Å². The maximum atomic E-state index is 12.9. The van der Waals surface area contributed by atoms with Gasteiger partial charge in [0.2, 0.25) is 10.0 Å². The summed E-state index contributed by atoms with van der Waals surface area (Å²) in [5.41, 5.74) is 0.866. The zero-order valence-electron chi connectivity index (χ0n) is 17.1. The normalized spacial score (nSPS) is 12.8. The van der Waals surface area contributed by atoms with Crippen molar-refractivity contribution in [3.63, 3.8) is 0 Å². The summed E-state index contributed by atoms with van der Waals surface area (Å²) in [6.07, 6.45) is -5.42. The Balaban J connectivity index is 1.81. The first-order chi connectivity index (χ1) is 15.4. The Bertz CT molecular complexity index is 1220. The van der Waals surface area contributed by atoms with Crippen LogP contribution in [0.15, 0.2) is 59.8 Å². The molecule has 1 unspecified atom stereocenters. The Morgan fingerprint density at radius 3 is 2.39 bits per heavy atom. The van der Waals surface area contributed by atoms with Crippen molar-refractivity contribution in [1.82, 2.24) is 9.97 Å². The van der Waals surface area contributed by atoms with Gasteiger partial charge in [-0.05, 0) is 49.4 Å². The molecule has 8 nitrogen and oxygen atoms in total. The van der Waals surface area contributed by atoms with E-state index >= 15 is 0 Å². The van der Waals surface area contributed by atoms with Gasteiger partial charge in [-0.1, -0.05) is 11.6 Å². The Morgan fingerprint density at radius 1 is 1.09 bits per heavy atom. The number of nitrogens with two attached hydrogens (primary N) is 1. The van der Waals surface area contributed by atoms with Crippen LogP contribution in [0.5, 0.6) is 5.75 Å². The van der Waals surface area contributed by atoms with Crippen LogP contribution < -0.4 is 20.5 Å². The Hall–Kier alpha value is -3.09. The number of anilines is 3. The Labute approximate surface area is 193 Å². The van der Waals surface area contributed by atoms with Gasteiger partial charge in [-0.15, -0.1) is 0 Å². The van der Waals surface area contributed by atoms with Gasteiger partial charge in [-0.2, -0.15) is 13.2 Å².